The largest absolute Gasteiger partial charge is 0.497 e. The maximum Gasteiger partial charge on any atom is 0.222 e. The van der Waals surface area contributed by atoms with E-state index in [1.165, 1.54) is 6.07 Å². The first kappa shape index (κ1) is 19.1. The summed E-state index contributed by atoms with van der Waals surface area (Å²) in [5, 5.41) is 9.07. The molecule has 3 rings (SSSR count). The third-order valence-corrected chi connectivity index (χ3v) is 5.72. The summed E-state index contributed by atoms with van der Waals surface area (Å²) in [4.78, 5) is 16.4. The van der Waals surface area contributed by atoms with Crippen molar-refractivity contribution in [2.45, 2.75) is 38.6 Å². The molecular weight excluding hydrogens is 335 g/mol. The maximum atomic E-state index is 14.2. The standard InChI is InChI=1S/C20H29FN2O3/c1-26-17-4-5-18(21)16(12-17)13-22-9-2-7-20(14-22)8-6-19(25)23(15-20)10-3-11-24/h4-5,12,24H,2-3,6-11,13-15H2,1H3/t20-/m1/s1. The fraction of sp³-hybridized carbons (Fsp3) is 0.650. The zero-order chi connectivity index (χ0) is 18.6. The second-order valence-electron chi connectivity index (χ2n) is 7.66. The second-order valence-corrected chi connectivity index (χ2v) is 7.66. The van der Waals surface area contributed by atoms with Crippen LogP contribution >= 0.6 is 0 Å². The van der Waals surface area contributed by atoms with Crippen LogP contribution < -0.4 is 4.74 Å². The number of ether oxygens (including phenoxy) is 1. The average molecular weight is 364 g/mol. The molecule has 0 aliphatic carbocycles. The molecule has 1 aromatic carbocycles. The van der Waals surface area contributed by atoms with Crippen molar-refractivity contribution >= 4 is 5.91 Å². The summed E-state index contributed by atoms with van der Waals surface area (Å²) in [6.07, 6.45) is 4.27. The lowest BCUT2D eigenvalue weighted by Crippen LogP contribution is -2.54. The molecule has 2 aliphatic rings. The lowest BCUT2D eigenvalue weighted by Gasteiger charge is -2.48. The number of piperidine rings is 2. The van der Waals surface area contributed by atoms with Crippen LogP contribution in [0.4, 0.5) is 4.39 Å². The van der Waals surface area contributed by atoms with E-state index in [9.17, 15) is 9.18 Å². The molecule has 0 saturated carbocycles. The molecule has 1 atom stereocenters. The number of hydrogen-bond donors (Lipinski definition) is 1. The van der Waals surface area contributed by atoms with Gasteiger partial charge in [0.2, 0.25) is 5.91 Å². The first-order valence-electron chi connectivity index (χ1n) is 9.49. The Morgan fingerprint density at radius 1 is 1.31 bits per heavy atom. The van der Waals surface area contributed by atoms with Crippen molar-refractivity contribution in [3.8, 4) is 5.75 Å². The van der Waals surface area contributed by atoms with E-state index in [0.717, 1.165) is 38.9 Å². The number of carbonyl (C=O) groups is 1. The van der Waals surface area contributed by atoms with Crippen LogP contribution in [0.2, 0.25) is 0 Å². The Morgan fingerprint density at radius 3 is 2.92 bits per heavy atom. The molecule has 0 bridgehead atoms. The summed E-state index contributed by atoms with van der Waals surface area (Å²) in [6.45, 7) is 3.88. The van der Waals surface area contributed by atoms with E-state index >= 15 is 0 Å². The van der Waals surface area contributed by atoms with Gasteiger partial charge in [-0.05, 0) is 50.4 Å². The molecule has 0 radical (unpaired) electrons. The zero-order valence-corrected chi connectivity index (χ0v) is 15.5. The van der Waals surface area contributed by atoms with E-state index in [0.29, 0.717) is 37.2 Å². The van der Waals surface area contributed by atoms with Crippen LogP contribution in [0.5, 0.6) is 5.75 Å². The highest BCUT2D eigenvalue weighted by molar-refractivity contribution is 5.77. The van der Waals surface area contributed by atoms with Gasteiger partial charge in [-0.25, -0.2) is 4.39 Å². The minimum absolute atomic E-state index is 0.0942. The van der Waals surface area contributed by atoms with Crippen molar-refractivity contribution < 1.29 is 19.0 Å². The van der Waals surface area contributed by atoms with Crippen molar-refractivity contribution in [1.29, 1.82) is 0 Å². The quantitative estimate of drug-likeness (QED) is 0.842. The normalized spacial score (nSPS) is 24.3. The molecule has 5 nitrogen and oxygen atoms in total. The van der Waals surface area contributed by atoms with Gasteiger partial charge in [-0.15, -0.1) is 0 Å². The number of benzene rings is 1. The number of likely N-dealkylation sites (tertiary alicyclic amines) is 2. The first-order chi connectivity index (χ1) is 12.5. The lowest BCUT2D eigenvalue weighted by atomic mass is 9.73. The van der Waals surface area contributed by atoms with Gasteiger partial charge in [-0.3, -0.25) is 9.69 Å². The highest BCUT2D eigenvalue weighted by Crippen LogP contribution is 2.39. The molecule has 1 amide bonds. The van der Waals surface area contributed by atoms with Crippen LogP contribution in [-0.2, 0) is 11.3 Å². The molecule has 0 unspecified atom stereocenters. The molecule has 2 fully saturated rings. The first-order valence-corrected chi connectivity index (χ1v) is 9.49. The lowest BCUT2D eigenvalue weighted by molar-refractivity contribution is -0.139. The number of rotatable bonds is 6. The number of methoxy groups -OCH3 is 1. The van der Waals surface area contributed by atoms with Gasteiger partial charge in [-0.1, -0.05) is 0 Å². The maximum absolute atomic E-state index is 14.2. The minimum Gasteiger partial charge on any atom is -0.497 e. The molecule has 2 aliphatic heterocycles. The van der Waals surface area contributed by atoms with Crippen LogP contribution in [0.25, 0.3) is 0 Å². The highest BCUT2D eigenvalue weighted by atomic mass is 19.1. The monoisotopic (exact) mass is 364 g/mol. The van der Waals surface area contributed by atoms with Crippen molar-refractivity contribution in [3.05, 3.63) is 29.6 Å². The highest BCUT2D eigenvalue weighted by Gasteiger charge is 2.41. The molecule has 2 saturated heterocycles. The number of nitrogens with zero attached hydrogens (tertiary/aromatic N) is 2. The van der Waals surface area contributed by atoms with Gasteiger partial charge < -0.3 is 14.7 Å². The van der Waals surface area contributed by atoms with Crippen LogP contribution in [-0.4, -0.2) is 60.7 Å². The third-order valence-electron chi connectivity index (χ3n) is 5.72. The van der Waals surface area contributed by atoms with Crippen LogP contribution in [0, 0.1) is 11.2 Å². The molecule has 1 spiro atoms. The van der Waals surface area contributed by atoms with E-state index < -0.39 is 0 Å². The third kappa shape index (κ3) is 4.35. The number of halogens is 1. The molecule has 144 valence electrons. The number of hydrogen-bond acceptors (Lipinski definition) is 4. The van der Waals surface area contributed by atoms with Gasteiger partial charge >= 0.3 is 0 Å². The predicted octanol–water partition coefficient (Wildman–Crippen LogP) is 2.42. The van der Waals surface area contributed by atoms with E-state index in [4.69, 9.17) is 9.84 Å². The Hall–Kier alpha value is -1.66. The van der Waals surface area contributed by atoms with E-state index in [2.05, 4.69) is 4.90 Å². The van der Waals surface area contributed by atoms with Crippen molar-refractivity contribution in [2.24, 2.45) is 5.41 Å². The summed E-state index contributed by atoms with van der Waals surface area (Å²) in [7, 11) is 1.59. The summed E-state index contributed by atoms with van der Waals surface area (Å²) in [5.74, 6) is 0.667. The molecule has 1 aromatic rings. The molecule has 1 N–H and O–H groups in total. The number of carbonyl (C=O) groups excluding carboxylic acids is 1. The minimum atomic E-state index is -0.200. The second kappa shape index (κ2) is 8.35. The Bertz CT molecular complexity index is 639. The van der Waals surface area contributed by atoms with Gasteiger partial charge in [0, 0.05) is 50.2 Å². The van der Waals surface area contributed by atoms with Gasteiger partial charge in [0.25, 0.3) is 0 Å². The number of aliphatic hydroxyl groups excluding tert-OH is 1. The van der Waals surface area contributed by atoms with E-state index in [-0.39, 0.29) is 23.7 Å². The van der Waals surface area contributed by atoms with Crippen molar-refractivity contribution in [1.82, 2.24) is 9.80 Å². The fourth-order valence-electron chi connectivity index (χ4n) is 4.39. The van der Waals surface area contributed by atoms with E-state index in [1.54, 1.807) is 19.2 Å². The molecular formula is C20H29FN2O3. The summed E-state index contributed by atoms with van der Waals surface area (Å²) in [6, 6.07) is 4.88. The molecule has 0 aromatic heterocycles. The summed E-state index contributed by atoms with van der Waals surface area (Å²) >= 11 is 0. The fourth-order valence-corrected chi connectivity index (χ4v) is 4.39. The van der Waals surface area contributed by atoms with Gasteiger partial charge in [0.1, 0.15) is 11.6 Å². The Labute approximate surface area is 154 Å². The summed E-state index contributed by atoms with van der Waals surface area (Å²) < 4.78 is 19.4. The number of amides is 1. The van der Waals surface area contributed by atoms with Gasteiger partial charge in [0.05, 0.1) is 7.11 Å². The summed E-state index contributed by atoms with van der Waals surface area (Å²) in [5.41, 5.74) is 0.752. The number of aliphatic hydroxyl groups is 1. The topological polar surface area (TPSA) is 53.0 Å². The average Bonchev–Trinajstić information content (AvgIpc) is 2.65. The van der Waals surface area contributed by atoms with Crippen LogP contribution in [0.1, 0.15) is 37.7 Å². The Morgan fingerprint density at radius 2 is 2.15 bits per heavy atom. The Kier molecular flexibility index (Phi) is 6.14. The molecule has 6 heteroatoms. The van der Waals surface area contributed by atoms with Crippen LogP contribution in [0.15, 0.2) is 18.2 Å². The predicted molar refractivity (Wildman–Crippen MR) is 97.4 cm³/mol. The van der Waals surface area contributed by atoms with E-state index in [1.807, 2.05) is 4.90 Å². The van der Waals surface area contributed by atoms with Crippen molar-refractivity contribution in [2.75, 3.05) is 39.9 Å². The van der Waals surface area contributed by atoms with Crippen molar-refractivity contribution in [3.63, 3.8) is 0 Å². The zero-order valence-electron chi connectivity index (χ0n) is 15.5. The smallest absolute Gasteiger partial charge is 0.222 e. The Balaban J connectivity index is 1.68. The SMILES string of the molecule is COc1ccc(F)c(CN2CCC[C@@]3(CCC(=O)N(CCCO)C3)C2)c1. The van der Waals surface area contributed by atoms with Gasteiger partial charge in [0.15, 0.2) is 0 Å². The molecule has 2 heterocycles. The van der Waals surface area contributed by atoms with Gasteiger partial charge in [-0.2, -0.15) is 0 Å². The van der Waals surface area contributed by atoms with Crippen LogP contribution in [0.3, 0.4) is 0 Å². The molecule has 26 heavy (non-hydrogen) atoms.